The first-order chi connectivity index (χ1) is 10.9. The van der Waals surface area contributed by atoms with Crippen molar-refractivity contribution in [3.63, 3.8) is 0 Å². The number of carbonyl (C=O) groups is 1. The molecule has 0 saturated heterocycles. The minimum atomic E-state index is -0.696. The molecule has 23 heavy (non-hydrogen) atoms. The van der Waals surface area contributed by atoms with E-state index in [1.54, 1.807) is 12.1 Å². The van der Waals surface area contributed by atoms with Crippen molar-refractivity contribution >= 4 is 21.8 Å². The molecule has 2 rings (SSSR count). The van der Waals surface area contributed by atoms with Gasteiger partial charge in [-0.25, -0.2) is 4.39 Å². The quantitative estimate of drug-likeness (QED) is 0.834. The minimum Gasteiger partial charge on any atom is -0.352 e. The van der Waals surface area contributed by atoms with Crippen LogP contribution in [-0.2, 0) is 11.2 Å². The van der Waals surface area contributed by atoms with Crippen LogP contribution in [-0.4, -0.2) is 11.9 Å². The van der Waals surface area contributed by atoms with E-state index in [1.165, 1.54) is 6.07 Å². The Morgan fingerprint density at radius 2 is 1.91 bits per heavy atom. The summed E-state index contributed by atoms with van der Waals surface area (Å²) in [5, 5.41) is 2.90. The molecule has 122 valence electrons. The molecule has 2 aromatic rings. The Bertz CT molecular complexity index is 688. The average Bonchev–Trinajstić information content (AvgIpc) is 2.51. The molecule has 0 radical (unpaired) electrons. The predicted molar refractivity (Wildman–Crippen MR) is 93.5 cm³/mol. The molecule has 0 saturated carbocycles. The number of hydrogen-bond acceptors (Lipinski definition) is 2. The molecule has 0 aliphatic rings. The first-order valence-electron chi connectivity index (χ1n) is 7.43. The third kappa shape index (κ3) is 4.88. The summed E-state index contributed by atoms with van der Waals surface area (Å²) in [6.45, 7) is 3.88. The van der Waals surface area contributed by atoms with E-state index in [-0.39, 0.29) is 17.8 Å². The topological polar surface area (TPSA) is 55.1 Å². The second-order valence-corrected chi connectivity index (χ2v) is 6.60. The Morgan fingerprint density at radius 3 is 2.52 bits per heavy atom. The molecule has 3 N–H and O–H groups in total. The summed E-state index contributed by atoms with van der Waals surface area (Å²) in [5.74, 6) is -0.519. The van der Waals surface area contributed by atoms with E-state index in [9.17, 15) is 9.18 Å². The first-order valence-corrected chi connectivity index (χ1v) is 8.22. The summed E-state index contributed by atoms with van der Waals surface area (Å²) in [5.41, 5.74) is 8.85. The highest BCUT2D eigenvalue weighted by Gasteiger charge is 2.18. The Morgan fingerprint density at radius 1 is 1.26 bits per heavy atom. The van der Waals surface area contributed by atoms with Gasteiger partial charge in [-0.05, 0) is 59.5 Å². The smallest absolute Gasteiger partial charge is 0.241 e. The van der Waals surface area contributed by atoms with Gasteiger partial charge in [-0.15, -0.1) is 0 Å². The van der Waals surface area contributed by atoms with Gasteiger partial charge in [0.25, 0.3) is 0 Å². The highest BCUT2D eigenvalue weighted by Crippen LogP contribution is 2.18. The van der Waals surface area contributed by atoms with Gasteiger partial charge >= 0.3 is 0 Å². The maximum atomic E-state index is 13.2. The molecule has 0 bridgehead atoms. The van der Waals surface area contributed by atoms with Gasteiger partial charge in [0.05, 0.1) is 4.47 Å². The second-order valence-electron chi connectivity index (χ2n) is 5.75. The maximum Gasteiger partial charge on any atom is 0.241 e. The minimum absolute atomic E-state index is 0.101. The fourth-order valence-electron chi connectivity index (χ4n) is 2.33. The predicted octanol–water partition coefficient (Wildman–Crippen LogP) is 3.64. The van der Waals surface area contributed by atoms with E-state index in [0.717, 1.165) is 16.7 Å². The molecule has 2 aromatic carbocycles. The lowest BCUT2D eigenvalue weighted by atomic mass is 10.0. The van der Waals surface area contributed by atoms with Gasteiger partial charge in [0.2, 0.25) is 5.91 Å². The molecular formula is C18H20BrFN2O. The number of rotatable bonds is 5. The first kappa shape index (κ1) is 17.6. The summed E-state index contributed by atoms with van der Waals surface area (Å²) in [6, 6.07) is 11.6. The maximum absolute atomic E-state index is 13.2. The van der Waals surface area contributed by atoms with E-state index in [2.05, 4.69) is 21.2 Å². The van der Waals surface area contributed by atoms with Crippen LogP contribution in [0.4, 0.5) is 4.39 Å². The number of halogens is 2. The molecule has 3 nitrogen and oxygen atoms in total. The molecule has 0 aromatic heterocycles. The summed E-state index contributed by atoms with van der Waals surface area (Å²) < 4.78 is 13.7. The highest BCUT2D eigenvalue weighted by atomic mass is 79.9. The van der Waals surface area contributed by atoms with Crippen LogP contribution in [0.1, 0.15) is 29.7 Å². The molecule has 5 heteroatoms. The number of nitrogens with two attached hydrogens (primary N) is 1. The van der Waals surface area contributed by atoms with Gasteiger partial charge in [-0.3, -0.25) is 4.79 Å². The van der Waals surface area contributed by atoms with Gasteiger partial charge < -0.3 is 11.1 Å². The summed E-state index contributed by atoms with van der Waals surface area (Å²) in [6.07, 6.45) is 0.602. The van der Waals surface area contributed by atoms with E-state index in [1.807, 2.05) is 38.1 Å². The summed E-state index contributed by atoms with van der Waals surface area (Å²) in [4.78, 5) is 12.2. The highest BCUT2D eigenvalue weighted by molar-refractivity contribution is 9.10. The number of nitrogens with one attached hydrogen (secondary N) is 1. The van der Waals surface area contributed by atoms with Crippen LogP contribution in [0.5, 0.6) is 0 Å². The van der Waals surface area contributed by atoms with Crippen molar-refractivity contribution in [2.75, 3.05) is 0 Å². The van der Waals surface area contributed by atoms with Gasteiger partial charge in [0, 0.05) is 6.04 Å². The van der Waals surface area contributed by atoms with Crippen LogP contribution in [0.25, 0.3) is 0 Å². The van der Waals surface area contributed by atoms with E-state index in [0.29, 0.717) is 10.9 Å². The standard InChI is InChI=1S/C18H20BrFN2O/c1-11-3-6-14(7-4-11)17(21)18(23)22-12(2)9-13-5-8-16(20)15(19)10-13/h3-8,10,12,17H,9,21H2,1-2H3,(H,22,23). The van der Waals surface area contributed by atoms with Crippen molar-refractivity contribution in [3.05, 3.63) is 69.4 Å². The van der Waals surface area contributed by atoms with Crippen LogP contribution < -0.4 is 11.1 Å². The number of amides is 1. The van der Waals surface area contributed by atoms with E-state index < -0.39 is 6.04 Å². The molecule has 0 fully saturated rings. The number of aryl methyl sites for hydroxylation is 1. The van der Waals surface area contributed by atoms with Gasteiger partial charge in [0.1, 0.15) is 11.9 Å². The molecule has 0 aliphatic carbocycles. The van der Waals surface area contributed by atoms with Gasteiger partial charge in [-0.1, -0.05) is 35.9 Å². The van der Waals surface area contributed by atoms with Crippen molar-refractivity contribution < 1.29 is 9.18 Å². The lowest BCUT2D eigenvalue weighted by Gasteiger charge is -2.18. The molecule has 0 spiro atoms. The second kappa shape index (κ2) is 7.70. The zero-order valence-corrected chi connectivity index (χ0v) is 14.7. The van der Waals surface area contributed by atoms with Crippen LogP contribution in [0.2, 0.25) is 0 Å². The Hall–Kier alpha value is -1.72. The Labute approximate surface area is 144 Å². The Kier molecular flexibility index (Phi) is 5.91. The molecule has 2 unspecified atom stereocenters. The van der Waals surface area contributed by atoms with Crippen LogP contribution in [0.3, 0.4) is 0 Å². The summed E-state index contributed by atoms with van der Waals surface area (Å²) >= 11 is 3.16. The summed E-state index contributed by atoms with van der Waals surface area (Å²) in [7, 11) is 0. The fourth-order valence-corrected chi connectivity index (χ4v) is 2.76. The molecule has 0 aliphatic heterocycles. The van der Waals surface area contributed by atoms with Crippen LogP contribution in [0, 0.1) is 12.7 Å². The molecule has 1 amide bonds. The number of carbonyl (C=O) groups excluding carboxylic acids is 1. The third-order valence-electron chi connectivity index (χ3n) is 3.63. The van der Waals surface area contributed by atoms with Crippen molar-refractivity contribution in [1.29, 1.82) is 0 Å². The van der Waals surface area contributed by atoms with Crippen LogP contribution in [0.15, 0.2) is 46.9 Å². The van der Waals surface area contributed by atoms with Crippen molar-refractivity contribution in [2.45, 2.75) is 32.4 Å². The number of hydrogen-bond donors (Lipinski definition) is 2. The zero-order valence-electron chi connectivity index (χ0n) is 13.1. The lowest BCUT2D eigenvalue weighted by Crippen LogP contribution is -2.40. The Balaban J connectivity index is 1.95. The third-order valence-corrected chi connectivity index (χ3v) is 4.24. The molecule has 0 heterocycles. The van der Waals surface area contributed by atoms with E-state index in [4.69, 9.17) is 5.73 Å². The lowest BCUT2D eigenvalue weighted by molar-refractivity contribution is -0.123. The van der Waals surface area contributed by atoms with Gasteiger partial charge in [0.15, 0.2) is 0 Å². The number of benzene rings is 2. The fraction of sp³-hybridized carbons (Fsp3) is 0.278. The zero-order chi connectivity index (χ0) is 17.0. The van der Waals surface area contributed by atoms with Gasteiger partial charge in [-0.2, -0.15) is 0 Å². The molecule has 2 atom stereocenters. The largest absolute Gasteiger partial charge is 0.352 e. The van der Waals surface area contributed by atoms with E-state index >= 15 is 0 Å². The van der Waals surface area contributed by atoms with Crippen molar-refractivity contribution in [1.82, 2.24) is 5.32 Å². The SMILES string of the molecule is Cc1ccc(C(N)C(=O)NC(C)Cc2ccc(F)c(Br)c2)cc1. The normalized spacial score (nSPS) is 13.4. The van der Waals surface area contributed by atoms with Crippen molar-refractivity contribution in [3.8, 4) is 0 Å². The van der Waals surface area contributed by atoms with Crippen molar-refractivity contribution in [2.24, 2.45) is 5.73 Å². The monoisotopic (exact) mass is 378 g/mol. The molecular weight excluding hydrogens is 359 g/mol. The van der Waals surface area contributed by atoms with Crippen LogP contribution >= 0.6 is 15.9 Å². The average molecular weight is 379 g/mol.